The molecule has 1 amide bonds. The van der Waals surface area contributed by atoms with Gasteiger partial charge in [-0.05, 0) is 23.6 Å². The Morgan fingerprint density at radius 2 is 1.83 bits per heavy atom. The van der Waals surface area contributed by atoms with Crippen molar-refractivity contribution in [3.05, 3.63) is 29.8 Å². The van der Waals surface area contributed by atoms with Crippen LogP contribution in [0.4, 0.5) is 5.69 Å². The monoisotopic (exact) mass is 249 g/mol. The molecule has 3 N–H and O–H groups in total. The lowest BCUT2D eigenvalue weighted by atomic mass is 10.0. The largest absolute Gasteiger partial charge is 0.378 e. The van der Waals surface area contributed by atoms with Gasteiger partial charge in [0, 0.05) is 26.3 Å². The van der Waals surface area contributed by atoms with Crippen molar-refractivity contribution in [3.8, 4) is 0 Å². The van der Waals surface area contributed by atoms with E-state index in [2.05, 4.69) is 34.5 Å². The van der Waals surface area contributed by atoms with Crippen LogP contribution >= 0.6 is 0 Å². The van der Waals surface area contributed by atoms with Crippen molar-refractivity contribution in [3.63, 3.8) is 0 Å². The third-order valence-corrected chi connectivity index (χ3v) is 2.95. The topological polar surface area (TPSA) is 58.4 Å². The van der Waals surface area contributed by atoms with E-state index in [1.165, 1.54) is 0 Å². The second-order valence-electron chi connectivity index (χ2n) is 5.07. The first-order valence-corrected chi connectivity index (χ1v) is 6.20. The van der Waals surface area contributed by atoms with Crippen molar-refractivity contribution in [1.82, 2.24) is 5.32 Å². The number of hydrogen-bond donors (Lipinski definition) is 2. The predicted octanol–water partition coefficient (Wildman–Crippen LogP) is 1.35. The lowest BCUT2D eigenvalue weighted by Crippen LogP contribution is -2.44. The molecule has 0 aromatic heterocycles. The molecule has 0 fully saturated rings. The summed E-state index contributed by atoms with van der Waals surface area (Å²) in [6.07, 6.45) is 0. The SMILES string of the molecule is CC(C)C(NCc1ccc(N(C)C)cc1)C(N)=O. The third kappa shape index (κ3) is 4.04. The van der Waals surface area contributed by atoms with Gasteiger partial charge in [-0.3, -0.25) is 4.79 Å². The Balaban J connectivity index is 2.60. The summed E-state index contributed by atoms with van der Waals surface area (Å²) in [5.74, 6) is -0.0986. The molecule has 0 aliphatic heterocycles. The van der Waals surface area contributed by atoms with Gasteiger partial charge < -0.3 is 16.0 Å². The number of carbonyl (C=O) groups is 1. The second-order valence-corrected chi connectivity index (χ2v) is 5.07. The van der Waals surface area contributed by atoms with Crippen LogP contribution in [-0.4, -0.2) is 26.0 Å². The van der Waals surface area contributed by atoms with E-state index in [0.29, 0.717) is 6.54 Å². The molecule has 0 saturated heterocycles. The molecule has 1 aromatic rings. The maximum absolute atomic E-state index is 11.3. The highest BCUT2D eigenvalue weighted by Crippen LogP contribution is 2.12. The number of hydrogen-bond acceptors (Lipinski definition) is 3. The van der Waals surface area contributed by atoms with Gasteiger partial charge in [0.15, 0.2) is 0 Å². The first-order valence-electron chi connectivity index (χ1n) is 6.20. The van der Waals surface area contributed by atoms with Gasteiger partial charge in [0.25, 0.3) is 0 Å². The van der Waals surface area contributed by atoms with Gasteiger partial charge in [0.2, 0.25) is 5.91 Å². The summed E-state index contributed by atoms with van der Waals surface area (Å²) in [6.45, 7) is 4.62. The maximum Gasteiger partial charge on any atom is 0.234 e. The quantitative estimate of drug-likeness (QED) is 0.800. The Morgan fingerprint density at radius 1 is 1.28 bits per heavy atom. The van der Waals surface area contributed by atoms with E-state index >= 15 is 0 Å². The summed E-state index contributed by atoms with van der Waals surface area (Å²) in [5, 5.41) is 3.20. The Bertz CT molecular complexity index is 385. The summed E-state index contributed by atoms with van der Waals surface area (Å²) < 4.78 is 0. The maximum atomic E-state index is 11.3. The number of anilines is 1. The molecule has 0 heterocycles. The van der Waals surface area contributed by atoms with Gasteiger partial charge >= 0.3 is 0 Å². The molecular formula is C14H23N3O. The van der Waals surface area contributed by atoms with Crippen molar-refractivity contribution < 1.29 is 4.79 Å². The number of benzene rings is 1. The van der Waals surface area contributed by atoms with Crippen LogP contribution in [0.1, 0.15) is 19.4 Å². The molecule has 1 aromatic carbocycles. The lowest BCUT2D eigenvalue weighted by molar-refractivity contribution is -0.121. The molecule has 0 saturated carbocycles. The molecule has 100 valence electrons. The van der Waals surface area contributed by atoms with Crippen LogP contribution in [-0.2, 0) is 11.3 Å². The molecular weight excluding hydrogens is 226 g/mol. The molecule has 0 aliphatic carbocycles. The summed E-state index contributed by atoms with van der Waals surface area (Å²) in [6, 6.07) is 7.96. The normalized spacial score (nSPS) is 12.5. The average Bonchev–Trinajstić information content (AvgIpc) is 2.28. The summed E-state index contributed by atoms with van der Waals surface area (Å²) in [7, 11) is 4.02. The van der Waals surface area contributed by atoms with E-state index in [4.69, 9.17) is 5.73 Å². The third-order valence-electron chi connectivity index (χ3n) is 2.95. The predicted molar refractivity (Wildman–Crippen MR) is 75.4 cm³/mol. The average molecular weight is 249 g/mol. The molecule has 1 atom stereocenters. The highest BCUT2D eigenvalue weighted by atomic mass is 16.1. The fourth-order valence-electron chi connectivity index (χ4n) is 1.80. The van der Waals surface area contributed by atoms with Gasteiger partial charge in [-0.1, -0.05) is 26.0 Å². The molecule has 0 aliphatic rings. The van der Waals surface area contributed by atoms with Crippen LogP contribution < -0.4 is 16.0 Å². The zero-order valence-corrected chi connectivity index (χ0v) is 11.6. The fourth-order valence-corrected chi connectivity index (χ4v) is 1.80. The van der Waals surface area contributed by atoms with Gasteiger partial charge in [-0.25, -0.2) is 0 Å². The van der Waals surface area contributed by atoms with Crippen molar-refractivity contribution in [2.45, 2.75) is 26.4 Å². The molecule has 1 rings (SSSR count). The molecule has 0 bridgehead atoms. The van der Waals surface area contributed by atoms with E-state index in [-0.39, 0.29) is 17.9 Å². The zero-order chi connectivity index (χ0) is 13.7. The molecule has 0 spiro atoms. The van der Waals surface area contributed by atoms with E-state index in [1.807, 2.05) is 27.9 Å². The Kier molecular flexibility index (Phi) is 5.16. The van der Waals surface area contributed by atoms with E-state index in [0.717, 1.165) is 11.3 Å². The van der Waals surface area contributed by atoms with E-state index < -0.39 is 0 Å². The molecule has 4 heteroatoms. The highest BCUT2D eigenvalue weighted by Gasteiger charge is 2.18. The number of amides is 1. The van der Waals surface area contributed by atoms with Crippen molar-refractivity contribution in [2.75, 3.05) is 19.0 Å². The number of nitrogens with zero attached hydrogens (tertiary/aromatic N) is 1. The Hall–Kier alpha value is -1.55. The van der Waals surface area contributed by atoms with Gasteiger partial charge in [0.1, 0.15) is 0 Å². The lowest BCUT2D eigenvalue weighted by Gasteiger charge is -2.19. The van der Waals surface area contributed by atoms with Crippen molar-refractivity contribution >= 4 is 11.6 Å². The first-order chi connectivity index (χ1) is 8.41. The molecule has 18 heavy (non-hydrogen) atoms. The molecule has 1 unspecified atom stereocenters. The van der Waals surface area contributed by atoms with Crippen molar-refractivity contribution in [2.24, 2.45) is 11.7 Å². The highest BCUT2D eigenvalue weighted by molar-refractivity contribution is 5.80. The van der Waals surface area contributed by atoms with Crippen LogP contribution in [0.25, 0.3) is 0 Å². The van der Waals surface area contributed by atoms with Crippen molar-refractivity contribution in [1.29, 1.82) is 0 Å². The van der Waals surface area contributed by atoms with Gasteiger partial charge in [-0.2, -0.15) is 0 Å². The van der Waals surface area contributed by atoms with Crippen LogP contribution in [0.2, 0.25) is 0 Å². The van der Waals surface area contributed by atoms with E-state index in [1.54, 1.807) is 0 Å². The number of primary amides is 1. The summed E-state index contributed by atoms with van der Waals surface area (Å²) in [5.41, 5.74) is 7.66. The van der Waals surface area contributed by atoms with Crippen LogP contribution in [0.5, 0.6) is 0 Å². The first kappa shape index (κ1) is 14.5. The fraction of sp³-hybridized carbons (Fsp3) is 0.500. The van der Waals surface area contributed by atoms with Gasteiger partial charge in [0.05, 0.1) is 6.04 Å². The Morgan fingerprint density at radius 3 is 2.22 bits per heavy atom. The van der Waals surface area contributed by atoms with Gasteiger partial charge in [-0.15, -0.1) is 0 Å². The van der Waals surface area contributed by atoms with Crippen LogP contribution in [0.3, 0.4) is 0 Å². The Labute approximate surface area is 109 Å². The number of nitrogens with two attached hydrogens (primary N) is 1. The smallest absolute Gasteiger partial charge is 0.234 e. The minimum Gasteiger partial charge on any atom is -0.378 e. The number of rotatable bonds is 6. The minimum absolute atomic E-state index is 0.198. The molecule has 0 radical (unpaired) electrons. The van der Waals surface area contributed by atoms with Crippen LogP contribution in [0, 0.1) is 5.92 Å². The minimum atomic E-state index is -0.296. The summed E-state index contributed by atoms with van der Waals surface area (Å²) in [4.78, 5) is 13.3. The van der Waals surface area contributed by atoms with Crippen LogP contribution in [0.15, 0.2) is 24.3 Å². The summed E-state index contributed by atoms with van der Waals surface area (Å²) >= 11 is 0. The molecule has 4 nitrogen and oxygen atoms in total. The second kappa shape index (κ2) is 6.40. The standard InChI is InChI=1S/C14H23N3O/c1-10(2)13(14(15)18)16-9-11-5-7-12(8-6-11)17(3)4/h5-8,10,13,16H,9H2,1-4H3,(H2,15,18). The van der Waals surface area contributed by atoms with E-state index in [9.17, 15) is 4.79 Å². The number of nitrogens with one attached hydrogen (secondary N) is 1. The zero-order valence-electron chi connectivity index (χ0n) is 11.6. The number of carbonyl (C=O) groups excluding carboxylic acids is 1.